The second-order valence-corrected chi connectivity index (χ2v) is 5.39. The maximum Gasteiger partial charge on any atom is 0.203 e. The maximum atomic E-state index is 10.6. The predicted molar refractivity (Wildman–Crippen MR) is 88.5 cm³/mol. The first kappa shape index (κ1) is 17.1. The highest BCUT2D eigenvalue weighted by Gasteiger charge is 2.18. The zero-order valence-corrected chi connectivity index (χ0v) is 14.2. The lowest BCUT2D eigenvalue weighted by molar-refractivity contribution is 0.172. The van der Waals surface area contributed by atoms with E-state index in [2.05, 4.69) is 4.98 Å². The number of benzene rings is 1. The van der Waals surface area contributed by atoms with Crippen molar-refractivity contribution < 1.29 is 19.3 Å². The second kappa shape index (κ2) is 7.33. The molecule has 0 radical (unpaired) electrons. The van der Waals surface area contributed by atoms with E-state index in [1.165, 1.54) is 0 Å². The fourth-order valence-electron chi connectivity index (χ4n) is 2.56. The summed E-state index contributed by atoms with van der Waals surface area (Å²) in [5.74, 6) is 1.68. The second-order valence-electron chi connectivity index (χ2n) is 5.39. The standard InChI is InChI=1S/C18H23NO4/c1-11-6-7-19-17(12(11)2)14(20)8-13-9-15(21-3)18(23-5)16(10-13)22-4/h6-7,9-10,14,20H,8H2,1-5H3. The van der Waals surface area contributed by atoms with Crippen molar-refractivity contribution in [2.75, 3.05) is 21.3 Å². The van der Waals surface area contributed by atoms with Gasteiger partial charge in [0.05, 0.1) is 27.0 Å². The Balaban J connectivity index is 2.34. The molecule has 23 heavy (non-hydrogen) atoms. The minimum Gasteiger partial charge on any atom is -0.493 e. The summed E-state index contributed by atoms with van der Waals surface area (Å²) >= 11 is 0. The van der Waals surface area contributed by atoms with Crippen LogP contribution in [0.3, 0.4) is 0 Å². The van der Waals surface area contributed by atoms with Gasteiger partial charge in [-0.3, -0.25) is 4.98 Å². The van der Waals surface area contributed by atoms with Crippen LogP contribution < -0.4 is 14.2 Å². The quantitative estimate of drug-likeness (QED) is 0.887. The summed E-state index contributed by atoms with van der Waals surface area (Å²) in [7, 11) is 4.71. The minimum absolute atomic E-state index is 0.411. The molecule has 0 aliphatic rings. The molecule has 0 bridgehead atoms. The number of hydrogen-bond donors (Lipinski definition) is 1. The highest BCUT2D eigenvalue weighted by Crippen LogP contribution is 2.39. The number of aliphatic hydroxyl groups is 1. The largest absolute Gasteiger partial charge is 0.493 e. The fourth-order valence-corrected chi connectivity index (χ4v) is 2.56. The van der Waals surface area contributed by atoms with Gasteiger partial charge < -0.3 is 19.3 Å². The van der Waals surface area contributed by atoms with Gasteiger partial charge in [-0.1, -0.05) is 0 Å². The van der Waals surface area contributed by atoms with Crippen molar-refractivity contribution in [3.63, 3.8) is 0 Å². The number of pyridine rings is 1. The number of methoxy groups -OCH3 is 3. The molecular formula is C18H23NO4. The van der Waals surface area contributed by atoms with Gasteiger partial charge in [0.2, 0.25) is 5.75 Å². The van der Waals surface area contributed by atoms with Crippen LogP contribution in [0.4, 0.5) is 0 Å². The van der Waals surface area contributed by atoms with Crippen molar-refractivity contribution in [1.29, 1.82) is 0 Å². The summed E-state index contributed by atoms with van der Waals surface area (Å²) in [6.45, 7) is 3.97. The Bertz CT molecular complexity index is 660. The third-order valence-electron chi connectivity index (χ3n) is 3.98. The summed E-state index contributed by atoms with van der Waals surface area (Å²) in [4.78, 5) is 4.32. The van der Waals surface area contributed by atoms with Crippen LogP contribution in [0, 0.1) is 13.8 Å². The van der Waals surface area contributed by atoms with Crippen LogP contribution in [0.2, 0.25) is 0 Å². The van der Waals surface area contributed by atoms with Gasteiger partial charge in [0.15, 0.2) is 11.5 Å². The van der Waals surface area contributed by atoms with Gasteiger partial charge in [0.25, 0.3) is 0 Å². The SMILES string of the molecule is COc1cc(CC(O)c2nccc(C)c2C)cc(OC)c1OC. The summed E-state index contributed by atoms with van der Waals surface area (Å²) in [6.07, 6.45) is 1.43. The van der Waals surface area contributed by atoms with Crippen molar-refractivity contribution in [2.24, 2.45) is 0 Å². The molecule has 1 aromatic heterocycles. The molecule has 2 rings (SSSR count). The molecule has 0 amide bonds. The van der Waals surface area contributed by atoms with Gasteiger partial charge in [0.1, 0.15) is 6.10 Å². The van der Waals surface area contributed by atoms with Crippen LogP contribution >= 0.6 is 0 Å². The van der Waals surface area contributed by atoms with Crippen LogP contribution in [0.25, 0.3) is 0 Å². The maximum absolute atomic E-state index is 10.6. The third kappa shape index (κ3) is 3.56. The lowest BCUT2D eigenvalue weighted by atomic mass is 9.99. The number of hydrogen-bond acceptors (Lipinski definition) is 5. The zero-order valence-electron chi connectivity index (χ0n) is 14.2. The third-order valence-corrected chi connectivity index (χ3v) is 3.98. The van der Waals surface area contributed by atoms with E-state index < -0.39 is 6.10 Å². The van der Waals surface area contributed by atoms with Crippen molar-refractivity contribution >= 4 is 0 Å². The Morgan fingerprint density at radius 3 is 2.17 bits per heavy atom. The Hall–Kier alpha value is -2.27. The molecular weight excluding hydrogens is 294 g/mol. The molecule has 0 aliphatic carbocycles. The van der Waals surface area contributed by atoms with E-state index >= 15 is 0 Å². The smallest absolute Gasteiger partial charge is 0.203 e. The number of aryl methyl sites for hydroxylation is 1. The average Bonchev–Trinajstić information content (AvgIpc) is 2.56. The topological polar surface area (TPSA) is 60.8 Å². The first-order valence-electron chi connectivity index (χ1n) is 7.40. The summed E-state index contributed by atoms with van der Waals surface area (Å²) in [6, 6.07) is 5.62. The van der Waals surface area contributed by atoms with E-state index in [4.69, 9.17) is 14.2 Å². The Kier molecular flexibility index (Phi) is 5.45. The summed E-state index contributed by atoms with van der Waals surface area (Å²) < 4.78 is 16.0. The number of rotatable bonds is 6. The van der Waals surface area contributed by atoms with Crippen molar-refractivity contribution in [2.45, 2.75) is 26.4 Å². The molecule has 124 valence electrons. The van der Waals surface area contributed by atoms with Crippen LogP contribution in [-0.4, -0.2) is 31.4 Å². The summed E-state index contributed by atoms with van der Waals surface area (Å²) in [5.41, 5.74) is 3.69. The molecule has 0 aliphatic heterocycles. The van der Waals surface area contributed by atoms with Crippen molar-refractivity contribution in [3.05, 3.63) is 46.8 Å². The minimum atomic E-state index is -0.697. The molecule has 1 heterocycles. The molecule has 1 aromatic carbocycles. The van der Waals surface area contributed by atoms with E-state index in [0.29, 0.717) is 29.4 Å². The Morgan fingerprint density at radius 2 is 1.65 bits per heavy atom. The van der Waals surface area contributed by atoms with E-state index in [-0.39, 0.29) is 0 Å². The fraction of sp³-hybridized carbons (Fsp3) is 0.389. The molecule has 0 saturated carbocycles. The molecule has 0 saturated heterocycles. The van der Waals surface area contributed by atoms with Crippen LogP contribution in [0.5, 0.6) is 17.2 Å². The first-order valence-corrected chi connectivity index (χ1v) is 7.40. The lowest BCUT2D eigenvalue weighted by Gasteiger charge is -2.17. The molecule has 1 atom stereocenters. The zero-order chi connectivity index (χ0) is 17.0. The van der Waals surface area contributed by atoms with E-state index in [9.17, 15) is 5.11 Å². The molecule has 5 heteroatoms. The molecule has 0 spiro atoms. The molecule has 1 N–H and O–H groups in total. The van der Waals surface area contributed by atoms with Gasteiger partial charge in [-0.2, -0.15) is 0 Å². The van der Waals surface area contributed by atoms with E-state index in [1.54, 1.807) is 27.5 Å². The number of aliphatic hydroxyl groups excluding tert-OH is 1. The van der Waals surface area contributed by atoms with Crippen molar-refractivity contribution in [1.82, 2.24) is 4.98 Å². The van der Waals surface area contributed by atoms with Crippen LogP contribution in [-0.2, 0) is 6.42 Å². The normalized spacial score (nSPS) is 11.9. The molecule has 2 aromatic rings. The van der Waals surface area contributed by atoms with Gasteiger partial charge in [-0.05, 0) is 48.7 Å². The van der Waals surface area contributed by atoms with Crippen LogP contribution in [0.1, 0.15) is 28.5 Å². The van der Waals surface area contributed by atoms with E-state index in [0.717, 1.165) is 16.7 Å². The monoisotopic (exact) mass is 317 g/mol. The number of aromatic nitrogens is 1. The predicted octanol–water partition coefficient (Wildman–Crippen LogP) is 3.00. The van der Waals surface area contributed by atoms with Gasteiger partial charge >= 0.3 is 0 Å². The molecule has 0 fully saturated rings. The van der Waals surface area contributed by atoms with Gasteiger partial charge in [0, 0.05) is 12.6 Å². The number of ether oxygens (including phenoxy) is 3. The van der Waals surface area contributed by atoms with E-state index in [1.807, 2.05) is 32.0 Å². The lowest BCUT2D eigenvalue weighted by Crippen LogP contribution is -2.08. The Labute approximate surface area is 136 Å². The highest BCUT2D eigenvalue weighted by molar-refractivity contribution is 5.54. The van der Waals surface area contributed by atoms with Crippen LogP contribution in [0.15, 0.2) is 24.4 Å². The van der Waals surface area contributed by atoms with Gasteiger partial charge in [-0.25, -0.2) is 0 Å². The first-order chi connectivity index (χ1) is 11.0. The Morgan fingerprint density at radius 1 is 1.04 bits per heavy atom. The average molecular weight is 317 g/mol. The highest BCUT2D eigenvalue weighted by atomic mass is 16.5. The van der Waals surface area contributed by atoms with Crippen molar-refractivity contribution in [3.8, 4) is 17.2 Å². The molecule has 5 nitrogen and oxygen atoms in total. The summed E-state index contributed by atoms with van der Waals surface area (Å²) in [5, 5.41) is 10.6. The van der Waals surface area contributed by atoms with Gasteiger partial charge in [-0.15, -0.1) is 0 Å². The number of nitrogens with zero attached hydrogens (tertiary/aromatic N) is 1. The molecule has 1 unspecified atom stereocenters.